The molecule has 1 aliphatic carbocycles. The molecule has 0 amide bonds. The zero-order valence-corrected chi connectivity index (χ0v) is 11.9. The van der Waals surface area contributed by atoms with Crippen molar-refractivity contribution in [1.82, 2.24) is 8.87 Å². The molecule has 0 saturated heterocycles. The zero-order chi connectivity index (χ0) is 14.2. The van der Waals surface area contributed by atoms with Crippen LogP contribution in [0.3, 0.4) is 0 Å². The van der Waals surface area contributed by atoms with Gasteiger partial charge in [0.2, 0.25) is 10.0 Å². The van der Waals surface area contributed by atoms with Crippen molar-refractivity contribution in [3.63, 3.8) is 0 Å². The van der Waals surface area contributed by atoms with Crippen molar-refractivity contribution in [3.05, 3.63) is 18.0 Å². The molecule has 1 saturated carbocycles. The monoisotopic (exact) mass is 286 g/mol. The number of aromatic nitrogens is 1. The van der Waals surface area contributed by atoms with Crippen LogP contribution in [0.15, 0.2) is 17.2 Å². The molecule has 1 N–H and O–H groups in total. The van der Waals surface area contributed by atoms with Crippen molar-refractivity contribution in [2.45, 2.75) is 37.6 Å². The van der Waals surface area contributed by atoms with Crippen molar-refractivity contribution >= 4 is 16.0 Å². The average molecular weight is 286 g/mol. The van der Waals surface area contributed by atoms with Gasteiger partial charge in [0.25, 0.3) is 0 Å². The fourth-order valence-corrected chi connectivity index (χ4v) is 3.62. The topological polar surface area (TPSA) is 79.6 Å². The van der Waals surface area contributed by atoms with Crippen LogP contribution in [0.25, 0.3) is 0 Å². The molecular weight excluding hydrogens is 268 g/mol. The summed E-state index contributed by atoms with van der Waals surface area (Å²) in [6.45, 7) is 4.26. The molecule has 1 fully saturated rings. The van der Waals surface area contributed by atoms with Crippen LogP contribution in [0.5, 0.6) is 0 Å². The SMILES string of the molecule is CCN(CC)S(=O)(=O)c1cc(C(=O)O)n(C2CC2)c1. The highest BCUT2D eigenvalue weighted by molar-refractivity contribution is 7.89. The van der Waals surface area contributed by atoms with Gasteiger partial charge in [0.15, 0.2) is 0 Å². The van der Waals surface area contributed by atoms with E-state index in [0.717, 1.165) is 12.8 Å². The van der Waals surface area contributed by atoms with Gasteiger partial charge in [-0.15, -0.1) is 0 Å². The van der Waals surface area contributed by atoms with E-state index in [1.807, 2.05) is 0 Å². The predicted molar refractivity (Wildman–Crippen MR) is 69.8 cm³/mol. The molecule has 0 unspecified atom stereocenters. The third-order valence-electron chi connectivity index (χ3n) is 3.33. The number of carbonyl (C=O) groups is 1. The van der Waals surface area contributed by atoms with Crippen molar-refractivity contribution in [3.8, 4) is 0 Å². The molecule has 0 bridgehead atoms. The molecule has 0 spiro atoms. The Bertz CT molecular complexity index is 583. The molecule has 7 heteroatoms. The van der Waals surface area contributed by atoms with E-state index in [9.17, 15) is 13.2 Å². The van der Waals surface area contributed by atoms with Crippen LogP contribution in [0.1, 0.15) is 43.2 Å². The summed E-state index contributed by atoms with van der Waals surface area (Å²) >= 11 is 0. The summed E-state index contributed by atoms with van der Waals surface area (Å²) in [6, 6.07) is 1.39. The molecule has 1 aromatic heterocycles. The normalized spacial score (nSPS) is 15.9. The number of nitrogens with zero attached hydrogens (tertiary/aromatic N) is 2. The van der Waals surface area contributed by atoms with Crippen LogP contribution < -0.4 is 0 Å². The first-order valence-corrected chi connectivity index (χ1v) is 7.81. The number of hydrogen-bond donors (Lipinski definition) is 1. The Morgan fingerprint density at radius 2 is 2.00 bits per heavy atom. The van der Waals surface area contributed by atoms with Crippen LogP contribution >= 0.6 is 0 Å². The van der Waals surface area contributed by atoms with E-state index in [1.54, 1.807) is 18.4 Å². The molecule has 1 aromatic rings. The van der Waals surface area contributed by atoms with Gasteiger partial charge in [-0.05, 0) is 18.9 Å². The highest BCUT2D eigenvalue weighted by Gasteiger charge is 2.31. The van der Waals surface area contributed by atoms with Crippen LogP contribution in [0.2, 0.25) is 0 Å². The van der Waals surface area contributed by atoms with Crippen molar-refractivity contribution in [2.75, 3.05) is 13.1 Å². The fraction of sp³-hybridized carbons (Fsp3) is 0.583. The Morgan fingerprint density at radius 3 is 2.42 bits per heavy atom. The number of carboxylic acids is 1. The maximum Gasteiger partial charge on any atom is 0.352 e. The largest absolute Gasteiger partial charge is 0.477 e. The zero-order valence-electron chi connectivity index (χ0n) is 11.0. The molecule has 0 atom stereocenters. The summed E-state index contributed by atoms with van der Waals surface area (Å²) in [6.07, 6.45) is 3.26. The maximum absolute atomic E-state index is 12.3. The minimum absolute atomic E-state index is 0.0493. The quantitative estimate of drug-likeness (QED) is 0.860. The van der Waals surface area contributed by atoms with Crippen molar-refractivity contribution in [2.24, 2.45) is 0 Å². The Kier molecular flexibility index (Phi) is 3.69. The third-order valence-corrected chi connectivity index (χ3v) is 5.34. The summed E-state index contributed by atoms with van der Waals surface area (Å²) < 4.78 is 27.6. The first-order valence-electron chi connectivity index (χ1n) is 6.37. The summed E-state index contributed by atoms with van der Waals surface area (Å²) in [5.41, 5.74) is 0.0493. The Labute approximate surface area is 112 Å². The van der Waals surface area contributed by atoms with E-state index in [0.29, 0.717) is 13.1 Å². The number of carboxylic acid groups (broad SMARTS) is 1. The van der Waals surface area contributed by atoms with Crippen molar-refractivity contribution < 1.29 is 18.3 Å². The van der Waals surface area contributed by atoms with Crippen LogP contribution in [-0.2, 0) is 10.0 Å². The van der Waals surface area contributed by atoms with E-state index in [1.165, 1.54) is 16.6 Å². The van der Waals surface area contributed by atoms with Crippen LogP contribution in [0, 0.1) is 0 Å². The summed E-state index contributed by atoms with van der Waals surface area (Å²) in [4.78, 5) is 11.2. The lowest BCUT2D eigenvalue weighted by molar-refractivity contribution is 0.0685. The highest BCUT2D eigenvalue weighted by atomic mass is 32.2. The van der Waals surface area contributed by atoms with Gasteiger partial charge in [-0.25, -0.2) is 13.2 Å². The highest BCUT2D eigenvalue weighted by Crippen LogP contribution is 2.37. The van der Waals surface area contributed by atoms with Crippen molar-refractivity contribution in [1.29, 1.82) is 0 Å². The summed E-state index contributed by atoms with van der Waals surface area (Å²) in [5.74, 6) is -1.09. The summed E-state index contributed by atoms with van der Waals surface area (Å²) in [5, 5.41) is 9.15. The lowest BCUT2D eigenvalue weighted by Crippen LogP contribution is -2.30. The number of hydrogen-bond acceptors (Lipinski definition) is 3. The van der Waals surface area contributed by atoms with E-state index in [-0.39, 0.29) is 16.6 Å². The third kappa shape index (κ3) is 2.52. The van der Waals surface area contributed by atoms with E-state index >= 15 is 0 Å². The predicted octanol–water partition coefficient (Wildman–Crippen LogP) is 1.55. The van der Waals surface area contributed by atoms with Gasteiger partial charge in [-0.1, -0.05) is 13.8 Å². The van der Waals surface area contributed by atoms with Gasteiger partial charge in [-0.2, -0.15) is 4.31 Å². The molecule has 19 heavy (non-hydrogen) atoms. The van der Waals surface area contributed by atoms with E-state index in [2.05, 4.69) is 0 Å². The molecule has 0 aliphatic heterocycles. The first-order chi connectivity index (χ1) is 8.91. The molecule has 1 heterocycles. The first kappa shape index (κ1) is 14.1. The fourth-order valence-electron chi connectivity index (χ4n) is 2.13. The van der Waals surface area contributed by atoms with Gasteiger partial charge in [0.1, 0.15) is 10.6 Å². The van der Waals surface area contributed by atoms with Crippen LogP contribution in [-0.4, -0.2) is 41.5 Å². The second-order valence-corrected chi connectivity index (χ2v) is 6.53. The van der Waals surface area contributed by atoms with E-state index < -0.39 is 16.0 Å². The minimum atomic E-state index is -3.59. The lowest BCUT2D eigenvalue weighted by Gasteiger charge is -2.17. The maximum atomic E-state index is 12.3. The Morgan fingerprint density at radius 1 is 1.42 bits per heavy atom. The minimum Gasteiger partial charge on any atom is -0.477 e. The molecule has 106 valence electrons. The van der Waals surface area contributed by atoms with Gasteiger partial charge >= 0.3 is 5.97 Å². The summed E-state index contributed by atoms with van der Waals surface area (Å²) in [7, 11) is -3.59. The smallest absolute Gasteiger partial charge is 0.352 e. The van der Waals surface area contributed by atoms with Gasteiger partial charge < -0.3 is 9.67 Å². The Balaban J connectivity index is 2.46. The van der Waals surface area contributed by atoms with E-state index in [4.69, 9.17) is 5.11 Å². The second kappa shape index (κ2) is 4.97. The number of aromatic carboxylic acids is 1. The van der Waals surface area contributed by atoms with Gasteiger partial charge in [-0.3, -0.25) is 0 Å². The molecule has 0 aromatic carbocycles. The van der Waals surface area contributed by atoms with Gasteiger partial charge in [0.05, 0.1) is 0 Å². The molecule has 1 aliphatic rings. The second-order valence-electron chi connectivity index (χ2n) is 4.59. The average Bonchev–Trinajstić information content (AvgIpc) is 3.08. The number of sulfonamides is 1. The molecule has 6 nitrogen and oxygen atoms in total. The Hall–Kier alpha value is -1.34. The van der Waals surface area contributed by atoms with Gasteiger partial charge in [0, 0.05) is 25.3 Å². The standard InChI is InChI=1S/C12H18N2O4S/c1-3-13(4-2)19(17,18)10-7-11(12(15)16)14(8-10)9-5-6-9/h7-9H,3-6H2,1-2H3,(H,15,16). The molecule has 2 rings (SSSR count). The lowest BCUT2D eigenvalue weighted by atomic mass is 10.4. The number of rotatable bonds is 6. The molecule has 0 radical (unpaired) electrons. The van der Waals surface area contributed by atoms with Crippen LogP contribution in [0.4, 0.5) is 0 Å². The molecular formula is C12H18N2O4S.